The predicted molar refractivity (Wildman–Crippen MR) is 182 cm³/mol. The first-order valence-electron chi connectivity index (χ1n) is 16.4. The maximum absolute atomic E-state index is 14.3. The van der Waals surface area contributed by atoms with E-state index in [0.29, 0.717) is 28.2 Å². The number of hydrogen-bond acceptors (Lipinski definition) is 7. The highest BCUT2D eigenvalue weighted by Gasteiger charge is 2.39. The molecule has 0 saturated carbocycles. The number of carbonyl (C=O) groups is 5. The van der Waals surface area contributed by atoms with E-state index in [0.717, 1.165) is 24.3 Å². The zero-order chi connectivity index (χ0) is 38.8. The van der Waals surface area contributed by atoms with E-state index in [1.165, 1.54) is 57.4 Å². The summed E-state index contributed by atoms with van der Waals surface area (Å²) in [5.41, 5.74) is 1.21. The second-order valence-electron chi connectivity index (χ2n) is 12.4. The second kappa shape index (κ2) is 18.1. The highest BCUT2D eigenvalue weighted by molar-refractivity contribution is 6.15. The minimum absolute atomic E-state index is 0.0423. The maximum atomic E-state index is 14.3. The number of carbonyl (C=O) groups excluding carboxylic acids is 5. The van der Waals surface area contributed by atoms with Gasteiger partial charge in [-0.2, -0.15) is 0 Å². The van der Waals surface area contributed by atoms with Gasteiger partial charge in [-0.3, -0.25) is 33.9 Å². The van der Waals surface area contributed by atoms with Gasteiger partial charge in [-0.25, -0.2) is 26.9 Å². The first-order chi connectivity index (χ1) is 25.1. The van der Waals surface area contributed by atoms with E-state index >= 15 is 0 Å². The minimum Gasteiger partial charge on any atom is -0.344 e. The summed E-state index contributed by atoms with van der Waals surface area (Å²) in [5.74, 6) is -9.34. The van der Waals surface area contributed by atoms with Gasteiger partial charge in [-0.05, 0) is 91.6 Å². The van der Waals surface area contributed by atoms with Gasteiger partial charge < -0.3 is 10.6 Å². The molecule has 4 aromatic rings. The summed E-state index contributed by atoms with van der Waals surface area (Å²) >= 11 is 0. The molecule has 1 heterocycles. The van der Waals surface area contributed by atoms with Crippen LogP contribution in [0.5, 0.6) is 0 Å². The molecule has 2 N–H and O–H groups in total. The van der Waals surface area contributed by atoms with Gasteiger partial charge >= 0.3 is 0 Å². The molecular weight excluding hydrogens is 701 g/mol. The normalized spacial score (nSPS) is 12.8. The van der Waals surface area contributed by atoms with Crippen molar-refractivity contribution < 1.29 is 45.9 Å². The van der Waals surface area contributed by atoms with Gasteiger partial charge in [-0.1, -0.05) is 12.1 Å². The van der Waals surface area contributed by atoms with Crippen LogP contribution in [-0.4, -0.2) is 62.4 Å². The average Bonchev–Trinajstić information content (AvgIpc) is 3.07. The van der Waals surface area contributed by atoms with Crippen molar-refractivity contribution >= 4 is 29.5 Å². The second-order valence-corrected chi connectivity index (χ2v) is 12.4. The van der Waals surface area contributed by atoms with Crippen LogP contribution in [0.2, 0.25) is 0 Å². The van der Waals surface area contributed by atoms with Crippen LogP contribution in [0, 0.1) is 29.1 Å². The zero-order valence-electron chi connectivity index (χ0n) is 28.9. The van der Waals surface area contributed by atoms with E-state index in [-0.39, 0.29) is 24.2 Å². The Hall–Kier alpha value is -5.83. The third kappa shape index (κ3) is 11.6. The molecule has 0 radical (unpaired) electrons. The Labute approximate surface area is 302 Å². The van der Waals surface area contributed by atoms with Crippen LogP contribution in [0.25, 0.3) is 0 Å². The molecule has 15 heteroatoms. The Balaban J connectivity index is 1.61. The highest BCUT2D eigenvalue weighted by Crippen LogP contribution is 2.18. The van der Waals surface area contributed by atoms with E-state index in [2.05, 4.69) is 15.6 Å². The Morgan fingerprint density at radius 3 is 1.36 bits per heavy atom. The van der Waals surface area contributed by atoms with E-state index in [9.17, 15) is 45.9 Å². The van der Waals surface area contributed by atoms with Gasteiger partial charge in [0, 0.05) is 37.6 Å². The lowest BCUT2D eigenvalue weighted by molar-refractivity contribution is -0.159. The molecule has 278 valence electrons. The largest absolute Gasteiger partial charge is 0.344 e. The molecule has 0 spiro atoms. The Kier molecular flexibility index (Phi) is 13.6. The number of nitrogens with one attached hydrogen (secondary N) is 2. The van der Waals surface area contributed by atoms with Crippen molar-refractivity contribution in [2.24, 2.45) is 0 Å². The fourth-order valence-electron chi connectivity index (χ4n) is 5.44. The van der Waals surface area contributed by atoms with E-state index in [1.54, 1.807) is 17.0 Å². The maximum Gasteiger partial charge on any atom is 0.258 e. The first kappa shape index (κ1) is 39.9. The summed E-state index contributed by atoms with van der Waals surface area (Å²) in [4.78, 5) is 73.8. The van der Waals surface area contributed by atoms with Crippen molar-refractivity contribution in [3.05, 3.63) is 137 Å². The van der Waals surface area contributed by atoms with Crippen LogP contribution < -0.4 is 10.6 Å². The third-order valence-electron chi connectivity index (χ3n) is 8.07. The lowest BCUT2D eigenvalue weighted by Gasteiger charge is -2.33. The first-order valence-corrected chi connectivity index (χ1v) is 16.4. The molecule has 3 aromatic carbocycles. The summed E-state index contributed by atoms with van der Waals surface area (Å²) in [6, 6.07) is 9.50. The van der Waals surface area contributed by atoms with E-state index in [1.807, 2.05) is 0 Å². The van der Waals surface area contributed by atoms with Gasteiger partial charge in [0.25, 0.3) is 17.7 Å². The number of amides is 5. The van der Waals surface area contributed by atoms with Gasteiger partial charge in [0.1, 0.15) is 41.2 Å². The fourth-order valence-corrected chi connectivity index (χ4v) is 5.44. The average molecular weight is 738 g/mol. The molecule has 0 aliphatic heterocycles. The molecule has 3 atom stereocenters. The summed E-state index contributed by atoms with van der Waals surface area (Å²) < 4.78 is 68.6. The number of nitrogens with zero attached hydrogens (tertiary/aromatic N) is 3. The highest BCUT2D eigenvalue weighted by atomic mass is 19.1. The standard InChI is InChI=1S/C38H36F5N5O5/c1-22(45-34(49)16-27-12-30(40)18-31(41)13-27)36(51)48(37(52)23(2)46-35(50)17-28-14-32(42)19-33(43)15-28)38(53)24(3)47(21-26-8-10-44-11-9-26)20-25-4-6-29(39)7-5-25/h4-15,18-19,22-24H,16-17,20-21H2,1-3H3,(H,45,49)(H,46,50)/t22-,23-,24-/m0/s1. The number of pyridine rings is 1. The molecule has 0 bridgehead atoms. The Morgan fingerprint density at radius 1 is 0.547 bits per heavy atom. The van der Waals surface area contributed by atoms with Crippen molar-refractivity contribution in [2.75, 3.05) is 0 Å². The molecule has 4 rings (SSSR count). The van der Waals surface area contributed by atoms with Crippen molar-refractivity contribution in [2.45, 2.75) is 64.8 Å². The molecular formula is C38H36F5N5O5. The third-order valence-corrected chi connectivity index (χ3v) is 8.07. The van der Waals surface area contributed by atoms with Crippen molar-refractivity contribution in [1.29, 1.82) is 0 Å². The molecule has 0 fully saturated rings. The van der Waals surface area contributed by atoms with Crippen LogP contribution in [0.15, 0.2) is 85.2 Å². The summed E-state index contributed by atoms with van der Waals surface area (Å²) in [6.07, 6.45) is 1.97. The Morgan fingerprint density at radius 2 is 0.943 bits per heavy atom. The van der Waals surface area contributed by atoms with Gasteiger partial charge in [0.2, 0.25) is 11.8 Å². The van der Waals surface area contributed by atoms with Crippen LogP contribution in [0.4, 0.5) is 22.0 Å². The monoisotopic (exact) mass is 737 g/mol. The van der Waals surface area contributed by atoms with Gasteiger partial charge in [0.05, 0.1) is 18.9 Å². The van der Waals surface area contributed by atoms with Gasteiger partial charge in [-0.15, -0.1) is 0 Å². The summed E-state index contributed by atoms with van der Waals surface area (Å²) in [6.45, 7) is 3.98. The molecule has 5 amide bonds. The molecule has 53 heavy (non-hydrogen) atoms. The van der Waals surface area contributed by atoms with E-state index in [4.69, 9.17) is 0 Å². The molecule has 0 saturated heterocycles. The number of aromatic nitrogens is 1. The van der Waals surface area contributed by atoms with Crippen LogP contribution in [-0.2, 0) is 49.9 Å². The SMILES string of the molecule is C[C@H](NC(=O)Cc1cc(F)cc(F)c1)C(=O)N(C(=O)[C@H](C)NC(=O)Cc1cc(F)cc(F)c1)C(=O)[C@H](C)N(Cc1ccncc1)Cc1ccc(F)cc1. The minimum atomic E-state index is -1.54. The Bertz CT molecular complexity index is 1840. The van der Waals surface area contributed by atoms with E-state index < -0.39 is 89.6 Å². The smallest absolute Gasteiger partial charge is 0.258 e. The van der Waals surface area contributed by atoms with Crippen molar-refractivity contribution in [1.82, 2.24) is 25.4 Å². The number of halogens is 5. The molecule has 1 aromatic heterocycles. The molecule has 0 unspecified atom stereocenters. The molecule has 10 nitrogen and oxygen atoms in total. The van der Waals surface area contributed by atoms with Crippen LogP contribution in [0.3, 0.4) is 0 Å². The van der Waals surface area contributed by atoms with Crippen LogP contribution >= 0.6 is 0 Å². The zero-order valence-corrected chi connectivity index (χ0v) is 28.9. The topological polar surface area (TPSA) is 129 Å². The number of benzene rings is 3. The van der Waals surface area contributed by atoms with Crippen molar-refractivity contribution in [3.8, 4) is 0 Å². The molecule has 0 aliphatic rings. The predicted octanol–water partition coefficient (Wildman–Crippen LogP) is 4.54. The fraction of sp³-hybridized carbons (Fsp3) is 0.263. The lowest BCUT2D eigenvalue weighted by Crippen LogP contribution is -2.60. The quantitative estimate of drug-likeness (QED) is 0.182. The number of hydrogen-bond donors (Lipinski definition) is 2. The number of rotatable bonds is 14. The summed E-state index contributed by atoms with van der Waals surface area (Å²) in [5, 5.41) is 4.68. The lowest BCUT2D eigenvalue weighted by atomic mass is 10.1. The summed E-state index contributed by atoms with van der Waals surface area (Å²) in [7, 11) is 0. The van der Waals surface area contributed by atoms with Crippen molar-refractivity contribution in [3.63, 3.8) is 0 Å². The van der Waals surface area contributed by atoms with Crippen LogP contribution in [0.1, 0.15) is 43.0 Å². The molecule has 0 aliphatic carbocycles. The number of imide groups is 3. The van der Waals surface area contributed by atoms with Gasteiger partial charge in [0.15, 0.2) is 0 Å².